The fraction of sp³-hybridized carbons (Fsp3) is 1.00. The van der Waals surface area contributed by atoms with Crippen molar-refractivity contribution in [2.24, 2.45) is 0 Å². The van der Waals surface area contributed by atoms with Gasteiger partial charge < -0.3 is 0 Å². The minimum absolute atomic E-state index is 1.42. The van der Waals surface area contributed by atoms with Crippen LogP contribution in [-0.2, 0) is 0 Å². The predicted octanol–water partition coefficient (Wildman–Crippen LogP) is 6.79. The molecular formula is C6H3Cl12N. The lowest BCUT2D eigenvalue weighted by Crippen LogP contribution is -2.60. The lowest BCUT2D eigenvalue weighted by molar-refractivity contribution is 0.435. The van der Waals surface area contributed by atoms with Crippen molar-refractivity contribution in [3.63, 3.8) is 0 Å². The van der Waals surface area contributed by atoms with Crippen molar-refractivity contribution < 1.29 is 0 Å². The van der Waals surface area contributed by atoms with Crippen LogP contribution in [0.25, 0.3) is 0 Å². The molecule has 0 aliphatic heterocycles. The molecule has 0 saturated heterocycles. The molecule has 1 nitrogen and oxygen atoms in total. The van der Waals surface area contributed by atoms with Gasteiger partial charge in [0.05, 0.1) is 0 Å². The molecule has 1 N–H and O–H groups in total. The standard InChI is InChI=1S/C6H3Cl12N/c7-3(8,9)1(4(10,11)12)19-2(5(13,14)15)6(16,17)18/h1-2,19H. The van der Waals surface area contributed by atoms with Gasteiger partial charge in [0, 0.05) is 0 Å². The Labute approximate surface area is 170 Å². The van der Waals surface area contributed by atoms with Gasteiger partial charge in [-0.05, 0) is 0 Å². The van der Waals surface area contributed by atoms with E-state index in [-0.39, 0.29) is 0 Å². The molecule has 0 aliphatic carbocycles. The summed E-state index contributed by atoms with van der Waals surface area (Å²) in [5.74, 6) is 0. The van der Waals surface area contributed by atoms with E-state index in [0.717, 1.165) is 0 Å². The Bertz CT molecular complexity index is 233. The first kappa shape index (κ1) is 22.4. The van der Waals surface area contributed by atoms with E-state index in [1.165, 1.54) is 0 Å². The highest BCUT2D eigenvalue weighted by Gasteiger charge is 2.54. The zero-order valence-corrected chi connectivity index (χ0v) is 17.3. The molecule has 0 fully saturated rings. The van der Waals surface area contributed by atoms with E-state index in [1.54, 1.807) is 0 Å². The van der Waals surface area contributed by atoms with Crippen molar-refractivity contribution >= 4 is 139 Å². The van der Waals surface area contributed by atoms with Crippen LogP contribution in [0, 0.1) is 0 Å². The molecule has 0 saturated carbocycles. The molecule has 0 aliphatic rings. The second-order valence-electron chi connectivity index (χ2n) is 3.20. The monoisotopic (exact) mass is 509 g/mol. The highest BCUT2D eigenvalue weighted by atomic mass is 35.6. The summed E-state index contributed by atoms with van der Waals surface area (Å²) in [7, 11) is 0. The van der Waals surface area contributed by atoms with Crippen LogP contribution in [-0.4, -0.2) is 27.3 Å². The number of nitrogens with one attached hydrogen (secondary N) is 1. The van der Waals surface area contributed by atoms with Crippen molar-refractivity contribution in [1.82, 2.24) is 5.32 Å². The van der Waals surface area contributed by atoms with Crippen molar-refractivity contribution in [2.45, 2.75) is 27.3 Å². The predicted molar refractivity (Wildman–Crippen MR) is 91.9 cm³/mol. The zero-order valence-electron chi connectivity index (χ0n) is 8.19. The molecule has 0 radical (unpaired) electrons. The summed E-state index contributed by atoms with van der Waals surface area (Å²) < 4.78 is -8.30. The lowest BCUT2D eigenvalue weighted by atomic mass is 10.3. The van der Waals surface area contributed by atoms with Crippen LogP contribution in [0.2, 0.25) is 0 Å². The highest BCUT2D eigenvalue weighted by Crippen LogP contribution is 2.48. The molecule has 0 amide bonds. The molecule has 0 heterocycles. The molecule has 0 spiro atoms. The van der Waals surface area contributed by atoms with Crippen molar-refractivity contribution in [2.75, 3.05) is 0 Å². The first-order chi connectivity index (χ1) is 7.97. The lowest BCUT2D eigenvalue weighted by Gasteiger charge is -2.39. The summed E-state index contributed by atoms with van der Waals surface area (Å²) >= 11 is 68.2. The fourth-order valence-corrected chi connectivity index (χ4v) is 4.64. The van der Waals surface area contributed by atoms with Crippen LogP contribution in [0.4, 0.5) is 0 Å². The Morgan fingerprint density at radius 2 is 0.579 bits per heavy atom. The second-order valence-corrected chi connectivity index (χ2v) is 12.7. The van der Waals surface area contributed by atoms with E-state index in [1.807, 2.05) is 0 Å². The zero-order chi connectivity index (χ0) is 15.9. The Balaban J connectivity index is 5.43. The van der Waals surface area contributed by atoms with Crippen LogP contribution in [0.15, 0.2) is 0 Å². The number of hydrogen-bond donors (Lipinski definition) is 1. The molecule has 0 rings (SSSR count). The van der Waals surface area contributed by atoms with Gasteiger partial charge in [-0.25, -0.2) is 0 Å². The molecule has 0 atom stereocenters. The van der Waals surface area contributed by atoms with Crippen molar-refractivity contribution in [3.8, 4) is 0 Å². The Kier molecular flexibility index (Phi) is 8.92. The van der Waals surface area contributed by atoms with Crippen LogP contribution in [0.3, 0.4) is 0 Å². The summed E-state index contributed by atoms with van der Waals surface area (Å²) in [6, 6.07) is -2.85. The molecule has 0 unspecified atom stereocenters. The average molecular weight is 515 g/mol. The van der Waals surface area contributed by atoms with E-state index < -0.39 is 27.3 Å². The van der Waals surface area contributed by atoms with Gasteiger partial charge >= 0.3 is 0 Å². The SMILES string of the molecule is ClC(Cl)(Cl)C(NC(C(Cl)(Cl)Cl)C(Cl)(Cl)Cl)C(Cl)(Cl)Cl. The molecule has 116 valence electrons. The maximum Gasteiger partial charge on any atom is 0.209 e. The maximum absolute atomic E-state index is 5.68. The largest absolute Gasteiger partial charge is 0.296 e. The molecule has 0 aromatic heterocycles. The van der Waals surface area contributed by atoms with E-state index in [4.69, 9.17) is 139 Å². The van der Waals surface area contributed by atoms with E-state index in [2.05, 4.69) is 5.32 Å². The van der Waals surface area contributed by atoms with Gasteiger partial charge in [0.25, 0.3) is 0 Å². The molecular weight excluding hydrogens is 512 g/mol. The summed E-state index contributed by atoms with van der Waals surface area (Å²) in [6.07, 6.45) is 0. The van der Waals surface area contributed by atoms with Gasteiger partial charge in [-0.15, -0.1) is 0 Å². The number of alkyl halides is 12. The minimum atomic E-state index is -2.07. The van der Waals surface area contributed by atoms with Gasteiger partial charge in [0.1, 0.15) is 12.1 Å². The Hall–Kier alpha value is 3.44. The van der Waals surface area contributed by atoms with Gasteiger partial charge in [-0.3, -0.25) is 5.32 Å². The smallest absolute Gasteiger partial charge is 0.209 e. The highest BCUT2D eigenvalue weighted by molar-refractivity contribution is 6.74. The van der Waals surface area contributed by atoms with Gasteiger partial charge in [0.2, 0.25) is 15.2 Å². The van der Waals surface area contributed by atoms with Crippen molar-refractivity contribution in [3.05, 3.63) is 0 Å². The van der Waals surface area contributed by atoms with Crippen molar-refractivity contribution in [1.29, 1.82) is 0 Å². The summed E-state index contributed by atoms with van der Waals surface area (Å²) in [6.45, 7) is 0. The number of rotatable bonds is 2. The third-order valence-corrected chi connectivity index (χ3v) is 4.26. The van der Waals surface area contributed by atoms with E-state index >= 15 is 0 Å². The van der Waals surface area contributed by atoms with Gasteiger partial charge in [0.15, 0.2) is 0 Å². The fourth-order valence-electron chi connectivity index (χ4n) is 0.916. The summed E-state index contributed by atoms with van der Waals surface area (Å²) in [4.78, 5) is 0. The van der Waals surface area contributed by atoms with E-state index in [0.29, 0.717) is 0 Å². The number of halogens is 12. The molecule has 19 heavy (non-hydrogen) atoms. The first-order valence-corrected chi connectivity index (χ1v) is 8.54. The van der Waals surface area contributed by atoms with Gasteiger partial charge in [-0.1, -0.05) is 139 Å². The Morgan fingerprint density at radius 1 is 0.421 bits per heavy atom. The topological polar surface area (TPSA) is 12.0 Å². The number of hydrogen-bond acceptors (Lipinski definition) is 1. The van der Waals surface area contributed by atoms with Crippen LogP contribution < -0.4 is 5.32 Å². The van der Waals surface area contributed by atoms with Gasteiger partial charge in [-0.2, -0.15) is 0 Å². The van der Waals surface area contributed by atoms with Crippen LogP contribution in [0.1, 0.15) is 0 Å². The van der Waals surface area contributed by atoms with Crippen LogP contribution >= 0.6 is 139 Å². The average Bonchev–Trinajstić information content (AvgIpc) is 1.91. The Morgan fingerprint density at radius 3 is 0.684 bits per heavy atom. The van der Waals surface area contributed by atoms with E-state index in [9.17, 15) is 0 Å². The van der Waals surface area contributed by atoms with Crippen LogP contribution in [0.5, 0.6) is 0 Å². The third-order valence-electron chi connectivity index (χ3n) is 1.64. The minimum Gasteiger partial charge on any atom is -0.296 e. The summed E-state index contributed by atoms with van der Waals surface area (Å²) in [5, 5.41) is 2.43. The molecule has 0 aromatic rings. The summed E-state index contributed by atoms with van der Waals surface area (Å²) in [5.41, 5.74) is 0. The first-order valence-electron chi connectivity index (χ1n) is 4.00. The second kappa shape index (κ2) is 7.55. The quantitative estimate of drug-likeness (QED) is 0.400. The molecule has 0 bridgehead atoms. The third kappa shape index (κ3) is 8.20. The maximum atomic E-state index is 5.68. The normalized spacial score (nSPS) is 15.5. The molecule has 13 heteroatoms. The molecule has 0 aromatic carbocycles.